The van der Waals surface area contributed by atoms with Crippen molar-refractivity contribution in [2.45, 2.75) is 29.7 Å². The topological polar surface area (TPSA) is 59.9 Å². The highest BCUT2D eigenvalue weighted by molar-refractivity contribution is 8.01. The minimum Gasteiger partial charge on any atom is -0.376 e. The van der Waals surface area contributed by atoms with E-state index in [4.69, 9.17) is 4.74 Å². The maximum Gasteiger partial charge on any atom is 0.206 e. The van der Waals surface area contributed by atoms with Gasteiger partial charge in [0.15, 0.2) is 4.34 Å². The van der Waals surface area contributed by atoms with Gasteiger partial charge in [0.1, 0.15) is 0 Å². The first-order chi connectivity index (χ1) is 10.4. The van der Waals surface area contributed by atoms with Crippen LogP contribution < -0.4 is 5.32 Å². The molecular weight excluding hydrogens is 304 g/mol. The Hall–Kier alpha value is -1.18. The Bertz CT molecular complexity index is 543. The fourth-order valence-electron chi connectivity index (χ4n) is 2.15. The van der Waals surface area contributed by atoms with E-state index in [1.165, 1.54) is 12.0 Å². The predicted octanol–water partition coefficient (Wildman–Crippen LogP) is 2.86. The van der Waals surface area contributed by atoms with Crippen molar-refractivity contribution in [2.75, 3.05) is 24.2 Å². The van der Waals surface area contributed by atoms with Crippen LogP contribution in [0.4, 0.5) is 5.13 Å². The van der Waals surface area contributed by atoms with Crippen molar-refractivity contribution in [3.63, 3.8) is 0 Å². The lowest BCUT2D eigenvalue weighted by Gasteiger charge is -2.08. The van der Waals surface area contributed by atoms with E-state index in [2.05, 4.69) is 32.6 Å². The number of aromatic nitrogens is 3. The first-order valence-electron chi connectivity index (χ1n) is 7.11. The van der Waals surface area contributed by atoms with Crippen LogP contribution in [0.1, 0.15) is 18.4 Å². The molecule has 5 nitrogen and oxygen atoms in total. The van der Waals surface area contributed by atoms with Gasteiger partial charge in [0.2, 0.25) is 5.13 Å². The zero-order valence-electron chi connectivity index (χ0n) is 11.7. The molecule has 0 aromatic carbocycles. The van der Waals surface area contributed by atoms with Crippen LogP contribution in [0.3, 0.4) is 0 Å². The molecule has 1 aliphatic rings. The van der Waals surface area contributed by atoms with Gasteiger partial charge in [0, 0.05) is 31.3 Å². The summed E-state index contributed by atoms with van der Waals surface area (Å²) >= 11 is 3.36. The van der Waals surface area contributed by atoms with Crippen molar-refractivity contribution in [3.8, 4) is 0 Å². The predicted molar refractivity (Wildman–Crippen MR) is 86.0 cm³/mol. The molecule has 0 spiro atoms. The molecule has 1 atom stereocenters. The van der Waals surface area contributed by atoms with Crippen LogP contribution >= 0.6 is 23.1 Å². The van der Waals surface area contributed by atoms with E-state index in [9.17, 15) is 0 Å². The summed E-state index contributed by atoms with van der Waals surface area (Å²) in [4.78, 5) is 4.02. The molecule has 1 unspecified atom stereocenters. The molecule has 7 heteroatoms. The van der Waals surface area contributed by atoms with Crippen LogP contribution in [-0.4, -0.2) is 40.2 Å². The van der Waals surface area contributed by atoms with E-state index in [1.54, 1.807) is 23.1 Å². The number of ether oxygens (including phenoxy) is 1. The van der Waals surface area contributed by atoms with E-state index in [1.807, 2.05) is 12.4 Å². The molecule has 3 rings (SSSR count). The fourth-order valence-corrected chi connectivity index (χ4v) is 3.97. The summed E-state index contributed by atoms with van der Waals surface area (Å²) in [5.41, 5.74) is 1.30. The van der Waals surface area contributed by atoms with Crippen molar-refractivity contribution >= 4 is 28.2 Å². The Morgan fingerprint density at radius 1 is 1.33 bits per heavy atom. The number of aryl methyl sites for hydroxylation is 1. The van der Waals surface area contributed by atoms with Crippen LogP contribution in [0, 0.1) is 0 Å². The second kappa shape index (κ2) is 7.72. The van der Waals surface area contributed by atoms with Gasteiger partial charge in [-0.15, -0.1) is 10.2 Å². The lowest BCUT2D eigenvalue weighted by molar-refractivity contribution is 0.120. The molecule has 1 fully saturated rings. The van der Waals surface area contributed by atoms with Gasteiger partial charge in [0.05, 0.1) is 6.10 Å². The molecule has 112 valence electrons. The first kappa shape index (κ1) is 14.7. The third-order valence-corrected chi connectivity index (χ3v) is 5.29. The van der Waals surface area contributed by atoms with E-state index in [0.717, 1.165) is 41.2 Å². The largest absolute Gasteiger partial charge is 0.376 e. The van der Waals surface area contributed by atoms with Crippen LogP contribution in [0.25, 0.3) is 0 Å². The SMILES string of the molecule is c1cc(CCSc2nnc(NCC3CCCO3)s2)ccn1. The van der Waals surface area contributed by atoms with E-state index >= 15 is 0 Å². The second-order valence-corrected chi connectivity index (χ2v) is 7.16. The molecule has 2 aromatic rings. The van der Waals surface area contributed by atoms with Crippen molar-refractivity contribution in [2.24, 2.45) is 0 Å². The smallest absolute Gasteiger partial charge is 0.206 e. The van der Waals surface area contributed by atoms with Crippen LogP contribution in [-0.2, 0) is 11.2 Å². The fraction of sp³-hybridized carbons (Fsp3) is 0.500. The highest BCUT2D eigenvalue weighted by Crippen LogP contribution is 2.26. The summed E-state index contributed by atoms with van der Waals surface area (Å²) in [5, 5.41) is 12.6. The monoisotopic (exact) mass is 322 g/mol. The summed E-state index contributed by atoms with van der Waals surface area (Å²) in [6.07, 6.45) is 7.32. The van der Waals surface area contributed by atoms with Crippen molar-refractivity contribution in [1.82, 2.24) is 15.2 Å². The number of nitrogens with zero attached hydrogens (tertiary/aromatic N) is 3. The quantitative estimate of drug-likeness (QED) is 0.791. The maximum absolute atomic E-state index is 5.58. The average molecular weight is 322 g/mol. The number of thioether (sulfide) groups is 1. The number of hydrogen-bond donors (Lipinski definition) is 1. The minimum atomic E-state index is 0.330. The Morgan fingerprint density at radius 2 is 2.24 bits per heavy atom. The molecule has 1 saturated heterocycles. The summed E-state index contributed by atoms with van der Waals surface area (Å²) in [5.74, 6) is 1.00. The van der Waals surface area contributed by atoms with Gasteiger partial charge in [0.25, 0.3) is 0 Å². The minimum absolute atomic E-state index is 0.330. The van der Waals surface area contributed by atoms with Gasteiger partial charge in [-0.05, 0) is 37.0 Å². The highest BCUT2D eigenvalue weighted by Gasteiger charge is 2.15. The lowest BCUT2D eigenvalue weighted by atomic mass is 10.2. The molecule has 0 saturated carbocycles. The third-order valence-electron chi connectivity index (χ3n) is 3.28. The summed E-state index contributed by atoms with van der Waals surface area (Å²) in [6, 6.07) is 4.10. The lowest BCUT2D eigenvalue weighted by Crippen LogP contribution is -2.18. The maximum atomic E-state index is 5.58. The van der Waals surface area contributed by atoms with Gasteiger partial charge in [-0.2, -0.15) is 0 Å². The zero-order chi connectivity index (χ0) is 14.3. The molecule has 21 heavy (non-hydrogen) atoms. The van der Waals surface area contributed by atoms with Gasteiger partial charge in [-0.1, -0.05) is 23.1 Å². The number of anilines is 1. The molecule has 0 bridgehead atoms. The first-order valence-corrected chi connectivity index (χ1v) is 8.91. The van der Waals surface area contributed by atoms with Crippen molar-refractivity contribution in [3.05, 3.63) is 30.1 Å². The number of pyridine rings is 1. The summed E-state index contributed by atoms with van der Waals surface area (Å²) in [6.45, 7) is 1.72. The Labute approximate surface area is 132 Å². The van der Waals surface area contributed by atoms with Gasteiger partial charge in [-0.25, -0.2) is 0 Å². The zero-order valence-corrected chi connectivity index (χ0v) is 13.3. The Kier molecular flexibility index (Phi) is 5.42. The van der Waals surface area contributed by atoms with Crippen LogP contribution in [0.2, 0.25) is 0 Å². The summed E-state index contributed by atoms with van der Waals surface area (Å²) < 4.78 is 6.59. The van der Waals surface area contributed by atoms with Crippen LogP contribution in [0.15, 0.2) is 28.9 Å². The van der Waals surface area contributed by atoms with Gasteiger partial charge < -0.3 is 10.1 Å². The summed E-state index contributed by atoms with van der Waals surface area (Å²) in [7, 11) is 0. The molecule has 0 aliphatic carbocycles. The second-order valence-electron chi connectivity index (χ2n) is 4.84. The van der Waals surface area contributed by atoms with E-state index in [0.29, 0.717) is 6.10 Å². The Morgan fingerprint density at radius 3 is 3.05 bits per heavy atom. The molecular formula is C14H18N4OS2. The molecule has 0 amide bonds. The standard InChI is InChI=1S/C14H18N4OS2/c1-2-12(19-8-1)10-16-13-17-18-14(21-13)20-9-5-11-3-6-15-7-4-11/h3-4,6-7,12H,1-2,5,8-10H2,(H,16,17). The molecule has 1 aliphatic heterocycles. The van der Waals surface area contributed by atoms with Gasteiger partial charge >= 0.3 is 0 Å². The number of hydrogen-bond acceptors (Lipinski definition) is 7. The van der Waals surface area contributed by atoms with Crippen molar-refractivity contribution in [1.29, 1.82) is 0 Å². The number of nitrogens with one attached hydrogen (secondary N) is 1. The highest BCUT2D eigenvalue weighted by atomic mass is 32.2. The third kappa shape index (κ3) is 4.66. The molecule has 2 aromatic heterocycles. The van der Waals surface area contributed by atoms with Crippen molar-refractivity contribution < 1.29 is 4.74 Å². The number of rotatable bonds is 7. The normalized spacial score (nSPS) is 18.0. The Balaban J connectivity index is 1.40. The average Bonchev–Trinajstić information content (AvgIpc) is 3.18. The molecule has 1 N–H and O–H groups in total. The van der Waals surface area contributed by atoms with Gasteiger partial charge in [-0.3, -0.25) is 4.98 Å². The van der Waals surface area contributed by atoms with E-state index < -0.39 is 0 Å². The molecule has 0 radical (unpaired) electrons. The van der Waals surface area contributed by atoms with E-state index in [-0.39, 0.29) is 0 Å². The van der Waals surface area contributed by atoms with Crippen LogP contribution in [0.5, 0.6) is 0 Å². The molecule has 3 heterocycles.